The molecule has 1 aromatic heterocycles. The molecular weight excluding hydrogens is 509 g/mol. The lowest BCUT2D eigenvalue weighted by Crippen LogP contribution is -2.42. The summed E-state index contributed by atoms with van der Waals surface area (Å²) in [6.07, 6.45) is 3.24. The van der Waals surface area contributed by atoms with Crippen LogP contribution in [0, 0.1) is 13.8 Å². The van der Waals surface area contributed by atoms with Crippen LogP contribution in [0.4, 0.5) is 5.69 Å². The smallest absolute Gasteiger partial charge is 0.191 e. The fraction of sp³-hybridized carbons (Fsp3) is 0.571. The van der Waals surface area contributed by atoms with E-state index in [0.29, 0.717) is 6.54 Å². The Morgan fingerprint density at radius 3 is 2.60 bits per heavy atom. The van der Waals surface area contributed by atoms with E-state index in [9.17, 15) is 0 Å². The Morgan fingerprint density at radius 2 is 1.97 bits per heavy atom. The van der Waals surface area contributed by atoms with Gasteiger partial charge in [0.15, 0.2) is 11.8 Å². The van der Waals surface area contributed by atoms with Crippen LogP contribution in [0.3, 0.4) is 0 Å². The van der Waals surface area contributed by atoms with Gasteiger partial charge in [-0.3, -0.25) is 0 Å². The summed E-state index contributed by atoms with van der Waals surface area (Å²) >= 11 is 1.86. The van der Waals surface area contributed by atoms with Crippen LogP contribution in [-0.4, -0.2) is 58.9 Å². The molecule has 1 aromatic carbocycles. The molecule has 0 fully saturated rings. The minimum Gasteiger partial charge on any atom is -0.370 e. The molecule has 0 aliphatic heterocycles. The second kappa shape index (κ2) is 14.5. The number of likely N-dealkylation sites (N-methyl/N-ethyl adjacent to an activating group) is 1. The summed E-state index contributed by atoms with van der Waals surface area (Å²) in [5.74, 6) is 3.73. The fourth-order valence-corrected chi connectivity index (χ4v) is 3.37. The highest BCUT2D eigenvalue weighted by molar-refractivity contribution is 14.0. The van der Waals surface area contributed by atoms with Gasteiger partial charge in [-0.05, 0) is 56.9 Å². The van der Waals surface area contributed by atoms with Crippen molar-refractivity contribution in [2.24, 2.45) is 12.0 Å². The topological polar surface area (TPSA) is 70.4 Å². The Balaban J connectivity index is 0.00000450. The van der Waals surface area contributed by atoms with Crippen molar-refractivity contribution in [1.82, 2.24) is 25.4 Å². The van der Waals surface area contributed by atoms with E-state index in [1.54, 1.807) is 0 Å². The zero-order valence-corrected chi connectivity index (χ0v) is 22.0. The van der Waals surface area contributed by atoms with Gasteiger partial charge in [0.05, 0.1) is 0 Å². The quantitative estimate of drug-likeness (QED) is 0.195. The highest BCUT2D eigenvalue weighted by atomic mass is 127. The number of hydrogen-bond acceptors (Lipinski definition) is 5. The number of anilines is 1. The standard InChI is InChI=1S/C21H35N7S.HI/c1-6-28(19-10-7-9-17(2)15-19)13-12-23-21(22-11-8-14-29-5)24-16-20-26-25-18(3)27(20)4;/h7,9-10,15H,6,8,11-14,16H2,1-5H3,(H2,22,23,24);1H. The van der Waals surface area contributed by atoms with Gasteiger partial charge in [0.2, 0.25) is 0 Å². The highest BCUT2D eigenvalue weighted by Crippen LogP contribution is 2.14. The lowest BCUT2D eigenvalue weighted by molar-refractivity contribution is 0.727. The van der Waals surface area contributed by atoms with E-state index in [0.717, 1.165) is 56.0 Å². The maximum atomic E-state index is 4.72. The average molecular weight is 546 g/mol. The Labute approximate surface area is 202 Å². The Morgan fingerprint density at radius 1 is 1.20 bits per heavy atom. The van der Waals surface area contributed by atoms with Crippen molar-refractivity contribution in [3.63, 3.8) is 0 Å². The van der Waals surface area contributed by atoms with E-state index in [-0.39, 0.29) is 24.0 Å². The second-order valence-corrected chi connectivity index (χ2v) is 7.99. The molecule has 0 bridgehead atoms. The Kier molecular flexibility index (Phi) is 12.8. The molecule has 0 atom stereocenters. The molecule has 0 spiro atoms. The normalized spacial score (nSPS) is 11.2. The number of aromatic nitrogens is 3. The summed E-state index contributed by atoms with van der Waals surface area (Å²) in [5.41, 5.74) is 2.54. The molecule has 0 amide bonds. The maximum absolute atomic E-state index is 4.72. The number of nitrogens with zero attached hydrogens (tertiary/aromatic N) is 5. The molecule has 0 saturated heterocycles. The summed E-state index contributed by atoms with van der Waals surface area (Å²) < 4.78 is 1.98. The molecule has 0 radical (unpaired) electrons. The van der Waals surface area contributed by atoms with Crippen LogP contribution in [-0.2, 0) is 13.6 Å². The van der Waals surface area contributed by atoms with Gasteiger partial charge in [-0.2, -0.15) is 11.8 Å². The van der Waals surface area contributed by atoms with Gasteiger partial charge in [0, 0.05) is 38.9 Å². The van der Waals surface area contributed by atoms with E-state index in [1.807, 2.05) is 30.3 Å². The first kappa shape index (κ1) is 26.5. The van der Waals surface area contributed by atoms with Gasteiger partial charge in [-0.1, -0.05) is 12.1 Å². The van der Waals surface area contributed by atoms with Gasteiger partial charge in [-0.25, -0.2) is 4.99 Å². The third-order valence-corrected chi connectivity index (χ3v) is 5.50. The molecule has 0 aliphatic rings. The lowest BCUT2D eigenvalue weighted by Gasteiger charge is -2.24. The monoisotopic (exact) mass is 545 g/mol. The molecule has 2 rings (SSSR count). The lowest BCUT2D eigenvalue weighted by atomic mass is 10.2. The van der Waals surface area contributed by atoms with E-state index >= 15 is 0 Å². The number of rotatable bonds is 11. The summed E-state index contributed by atoms with van der Waals surface area (Å²) in [6, 6.07) is 8.65. The van der Waals surface area contributed by atoms with Crippen molar-refractivity contribution in [2.75, 3.05) is 43.1 Å². The van der Waals surface area contributed by atoms with Crippen LogP contribution < -0.4 is 15.5 Å². The van der Waals surface area contributed by atoms with Crippen LogP contribution in [0.1, 0.15) is 30.6 Å². The molecule has 2 N–H and O–H groups in total. The van der Waals surface area contributed by atoms with Gasteiger partial charge < -0.3 is 20.1 Å². The summed E-state index contributed by atoms with van der Waals surface area (Å²) in [4.78, 5) is 7.09. The van der Waals surface area contributed by atoms with Gasteiger partial charge in [-0.15, -0.1) is 34.2 Å². The first-order valence-electron chi connectivity index (χ1n) is 10.2. The number of guanidine groups is 1. The number of aryl methyl sites for hydroxylation is 2. The van der Waals surface area contributed by atoms with Gasteiger partial charge in [0.25, 0.3) is 0 Å². The predicted molar refractivity (Wildman–Crippen MR) is 140 cm³/mol. The molecular formula is C21H36IN7S. The molecule has 7 nitrogen and oxygen atoms in total. The van der Waals surface area contributed by atoms with Gasteiger partial charge in [0.1, 0.15) is 12.4 Å². The third-order valence-electron chi connectivity index (χ3n) is 4.80. The van der Waals surface area contributed by atoms with Crippen molar-refractivity contribution < 1.29 is 0 Å². The van der Waals surface area contributed by atoms with Crippen LogP contribution in [0.2, 0.25) is 0 Å². The van der Waals surface area contributed by atoms with E-state index in [2.05, 4.69) is 70.1 Å². The van der Waals surface area contributed by atoms with Crippen LogP contribution in [0.5, 0.6) is 0 Å². The zero-order valence-electron chi connectivity index (χ0n) is 18.8. The van der Waals surface area contributed by atoms with Crippen molar-refractivity contribution in [3.05, 3.63) is 41.5 Å². The first-order chi connectivity index (χ1) is 14.0. The second-order valence-electron chi connectivity index (χ2n) is 7.01. The molecule has 0 aliphatic carbocycles. The molecule has 2 aromatic rings. The SMILES string of the molecule is CCN(CCNC(=NCc1nnc(C)n1C)NCCCSC)c1cccc(C)c1.I. The Hall–Kier alpha value is -1.49. The summed E-state index contributed by atoms with van der Waals surface area (Å²) in [7, 11) is 1.97. The number of hydrogen-bond donors (Lipinski definition) is 2. The first-order valence-corrected chi connectivity index (χ1v) is 11.6. The fourth-order valence-electron chi connectivity index (χ4n) is 2.94. The summed E-state index contributed by atoms with van der Waals surface area (Å²) in [6.45, 7) is 10.4. The summed E-state index contributed by atoms with van der Waals surface area (Å²) in [5, 5.41) is 15.2. The number of halogens is 1. The number of nitrogens with one attached hydrogen (secondary N) is 2. The van der Waals surface area contributed by atoms with E-state index in [1.165, 1.54) is 11.3 Å². The number of thioether (sulfide) groups is 1. The molecule has 168 valence electrons. The number of benzene rings is 1. The van der Waals surface area contributed by atoms with Crippen LogP contribution >= 0.6 is 35.7 Å². The molecule has 0 saturated carbocycles. The molecule has 9 heteroatoms. The zero-order chi connectivity index (χ0) is 21.1. The molecule has 0 unspecified atom stereocenters. The maximum Gasteiger partial charge on any atom is 0.191 e. The number of aliphatic imine (C=N–C) groups is 1. The largest absolute Gasteiger partial charge is 0.370 e. The molecule has 1 heterocycles. The van der Waals surface area contributed by atoms with Crippen molar-refractivity contribution in [3.8, 4) is 0 Å². The third kappa shape index (κ3) is 8.71. The average Bonchev–Trinajstić information content (AvgIpc) is 3.04. The van der Waals surface area contributed by atoms with Crippen LogP contribution in [0.25, 0.3) is 0 Å². The van der Waals surface area contributed by atoms with Gasteiger partial charge >= 0.3 is 0 Å². The Bertz CT molecular complexity index is 778. The predicted octanol–water partition coefficient (Wildman–Crippen LogP) is 3.36. The van der Waals surface area contributed by atoms with E-state index < -0.39 is 0 Å². The van der Waals surface area contributed by atoms with Crippen molar-refractivity contribution >= 4 is 47.4 Å². The van der Waals surface area contributed by atoms with Crippen molar-refractivity contribution in [1.29, 1.82) is 0 Å². The highest BCUT2D eigenvalue weighted by Gasteiger charge is 2.07. The van der Waals surface area contributed by atoms with E-state index in [4.69, 9.17) is 4.99 Å². The minimum absolute atomic E-state index is 0. The van der Waals surface area contributed by atoms with Crippen LogP contribution in [0.15, 0.2) is 29.3 Å². The van der Waals surface area contributed by atoms with Crippen molar-refractivity contribution in [2.45, 2.75) is 33.7 Å². The minimum atomic E-state index is 0. The molecule has 30 heavy (non-hydrogen) atoms.